The number of aryl methyl sites for hydroxylation is 2. The molecule has 2 aromatic heterocycles. The summed E-state index contributed by atoms with van der Waals surface area (Å²) in [6, 6.07) is 13.5. The number of ether oxygens (including phenoxy) is 1. The van der Waals surface area contributed by atoms with Crippen molar-refractivity contribution in [3.63, 3.8) is 0 Å². The number of anilines is 1. The van der Waals surface area contributed by atoms with Crippen molar-refractivity contribution >= 4 is 39.7 Å². The van der Waals surface area contributed by atoms with Crippen molar-refractivity contribution < 1.29 is 13.9 Å². The molecule has 0 N–H and O–H groups in total. The summed E-state index contributed by atoms with van der Waals surface area (Å²) in [6.45, 7) is 6.48. The summed E-state index contributed by atoms with van der Waals surface area (Å²) >= 11 is 0. The van der Waals surface area contributed by atoms with Crippen molar-refractivity contribution in [2.75, 3.05) is 38.2 Å². The van der Waals surface area contributed by atoms with Gasteiger partial charge >= 0.3 is 0 Å². The predicted octanol–water partition coefficient (Wildman–Crippen LogP) is 4.33. The smallest absolute Gasteiger partial charge is 0.246 e. The Hall–Kier alpha value is -4.13. The Kier molecular flexibility index (Phi) is 5.99. The van der Waals surface area contributed by atoms with Gasteiger partial charge in [0, 0.05) is 37.6 Å². The fourth-order valence-corrected chi connectivity index (χ4v) is 4.50. The second-order valence-electron chi connectivity index (χ2n) is 8.82. The van der Waals surface area contributed by atoms with E-state index in [4.69, 9.17) is 14.1 Å². The molecule has 0 saturated carbocycles. The van der Waals surface area contributed by atoms with Gasteiger partial charge in [0.1, 0.15) is 28.9 Å². The normalized spacial score (nSPS) is 14.3. The van der Waals surface area contributed by atoms with Crippen LogP contribution in [0.3, 0.4) is 0 Å². The van der Waals surface area contributed by atoms with Gasteiger partial charge in [-0.25, -0.2) is 4.98 Å². The number of hydrogen-bond donors (Lipinski definition) is 0. The largest absolute Gasteiger partial charge is 0.494 e. The number of nitrogens with zero attached hydrogens (tertiary/aromatic N) is 3. The molecule has 1 aliphatic heterocycles. The van der Waals surface area contributed by atoms with Crippen molar-refractivity contribution in [3.8, 4) is 5.75 Å². The van der Waals surface area contributed by atoms with Crippen LogP contribution >= 0.6 is 0 Å². The lowest BCUT2D eigenvalue weighted by molar-refractivity contribution is -0.126. The van der Waals surface area contributed by atoms with Gasteiger partial charge in [-0.05, 0) is 49.8 Å². The van der Waals surface area contributed by atoms with E-state index in [2.05, 4.69) is 17.9 Å². The van der Waals surface area contributed by atoms with Crippen LogP contribution in [0.25, 0.3) is 27.9 Å². The summed E-state index contributed by atoms with van der Waals surface area (Å²) in [5.74, 6) is 1.50. The number of carbonyl (C=O) groups is 1. The van der Waals surface area contributed by atoms with Gasteiger partial charge in [-0.2, -0.15) is 0 Å². The van der Waals surface area contributed by atoms with Gasteiger partial charge in [-0.1, -0.05) is 23.8 Å². The van der Waals surface area contributed by atoms with Gasteiger partial charge < -0.3 is 19.0 Å². The van der Waals surface area contributed by atoms with Crippen molar-refractivity contribution in [1.82, 2.24) is 9.88 Å². The molecule has 0 unspecified atom stereocenters. The number of carbonyl (C=O) groups excluding carboxylic acids is 1. The highest BCUT2D eigenvalue weighted by atomic mass is 16.5. The van der Waals surface area contributed by atoms with E-state index < -0.39 is 0 Å². The molecule has 35 heavy (non-hydrogen) atoms. The molecule has 5 rings (SSSR count). The van der Waals surface area contributed by atoms with Gasteiger partial charge in [-0.3, -0.25) is 9.59 Å². The molecule has 178 valence electrons. The standard InChI is InChI=1S/C28H27N3O4/c1-18-7-9-23-22(15-18)28(33)20(17-35-23)8-10-26(32)31-13-11-30(12-14-31)25-16-19(2)21-5-4-6-24(34-3)27(21)29-25/h4-10,15-17H,11-14H2,1-3H3/b10-8+. The number of aromatic nitrogens is 1. The van der Waals surface area contributed by atoms with Crippen LogP contribution in [0.4, 0.5) is 5.82 Å². The molecule has 1 saturated heterocycles. The minimum Gasteiger partial charge on any atom is -0.494 e. The summed E-state index contributed by atoms with van der Waals surface area (Å²) in [5.41, 5.74) is 3.72. The first-order chi connectivity index (χ1) is 16.9. The Morgan fingerprint density at radius 1 is 1.06 bits per heavy atom. The Morgan fingerprint density at radius 2 is 1.86 bits per heavy atom. The van der Waals surface area contributed by atoms with Gasteiger partial charge in [0.05, 0.1) is 18.1 Å². The van der Waals surface area contributed by atoms with Crippen molar-refractivity contribution in [1.29, 1.82) is 0 Å². The van der Waals surface area contributed by atoms with Gasteiger partial charge in [0.2, 0.25) is 5.91 Å². The summed E-state index contributed by atoms with van der Waals surface area (Å²) in [4.78, 5) is 34.4. The number of hydrogen-bond acceptors (Lipinski definition) is 6. The van der Waals surface area contributed by atoms with E-state index in [1.807, 2.05) is 31.2 Å². The first-order valence-electron chi connectivity index (χ1n) is 11.6. The van der Waals surface area contributed by atoms with E-state index >= 15 is 0 Å². The molecule has 1 aliphatic rings. The molecule has 7 heteroatoms. The number of fused-ring (bicyclic) bond motifs is 2. The number of rotatable bonds is 4. The van der Waals surface area contributed by atoms with Gasteiger partial charge in [-0.15, -0.1) is 0 Å². The highest BCUT2D eigenvalue weighted by Gasteiger charge is 2.22. The minimum absolute atomic E-state index is 0.127. The summed E-state index contributed by atoms with van der Waals surface area (Å²) in [5, 5.41) is 1.59. The number of para-hydroxylation sites is 1. The fourth-order valence-electron chi connectivity index (χ4n) is 4.50. The predicted molar refractivity (Wildman–Crippen MR) is 138 cm³/mol. The molecule has 0 bridgehead atoms. The second kappa shape index (κ2) is 9.25. The molecule has 0 aliphatic carbocycles. The Labute approximate surface area is 203 Å². The minimum atomic E-state index is -0.142. The van der Waals surface area contributed by atoms with E-state index in [1.54, 1.807) is 30.2 Å². The lowest BCUT2D eigenvalue weighted by atomic mass is 10.1. The van der Waals surface area contributed by atoms with Crippen LogP contribution in [0.2, 0.25) is 0 Å². The van der Waals surface area contributed by atoms with Crippen molar-refractivity contribution in [2.45, 2.75) is 13.8 Å². The first-order valence-corrected chi connectivity index (χ1v) is 11.6. The molecule has 0 atom stereocenters. The maximum Gasteiger partial charge on any atom is 0.246 e. The molecule has 4 aromatic rings. The zero-order valence-electron chi connectivity index (χ0n) is 20.1. The highest BCUT2D eigenvalue weighted by Crippen LogP contribution is 2.29. The molecule has 7 nitrogen and oxygen atoms in total. The van der Waals surface area contributed by atoms with E-state index in [-0.39, 0.29) is 11.3 Å². The third-order valence-electron chi connectivity index (χ3n) is 6.49. The average molecular weight is 470 g/mol. The third-order valence-corrected chi connectivity index (χ3v) is 6.49. The zero-order chi connectivity index (χ0) is 24.5. The molecule has 2 aromatic carbocycles. The van der Waals surface area contributed by atoms with E-state index in [1.165, 1.54) is 12.3 Å². The molecule has 0 spiro atoms. The summed E-state index contributed by atoms with van der Waals surface area (Å²) in [6.07, 6.45) is 4.40. The van der Waals surface area contributed by atoms with Crippen LogP contribution in [0.1, 0.15) is 16.7 Å². The topological polar surface area (TPSA) is 75.9 Å². The quantitative estimate of drug-likeness (QED) is 0.414. The average Bonchev–Trinajstić information content (AvgIpc) is 2.88. The maximum atomic E-state index is 12.8. The number of pyridine rings is 1. The van der Waals surface area contributed by atoms with Crippen LogP contribution in [0.15, 0.2) is 64.0 Å². The third kappa shape index (κ3) is 4.37. The van der Waals surface area contributed by atoms with E-state index in [9.17, 15) is 9.59 Å². The van der Waals surface area contributed by atoms with E-state index in [0.717, 1.165) is 33.6 Å². The van der Waals surface area contributed by atoms with E-state index in [0.29, 0.717) is 42.7 Å². The fraction of sp³-hybridized carbons (Fsp3) is 0.250. The van der Waals surface area contributed by atoms with Crippen LogP contribution in [-0.4, -0.2) is 49.1 Å². The molecule has 1 fully saturated rings. The lowest BCUT2D eigenvalue weighted by Crippen LogP contribution is -2.48. The Morgan fingerprint density at radius 3 is 2.63 bits per heavy atom. The number of amides is 1. The Balaban J connectivity index is 1.29. The molecular weight excluding hydrogens is 442 g/mol. The molecule has 3 heterocycles. The van der Waals surface area contributed by atoms with Gasteiger partial charge in [0.15, 0.2) is 5.43 Å². The highest BCUT2D eigenvalue weighted by molar-refractivity contribution is 5.92. The number of methoxy groups -OCH3 is 1. The number of piperazine rings is 1. The zero-order valence-corrected chi connectivity index (χ0v) is 20.1. The van der Waals surface area contributed by atoms with Crippen molar-refractivity contribution in [2.24, 2.45) is 0 Å². The first kappa shape index (κ1) is 22.7. The lowest BCUT2D eigenvalue weighted by Gasteiger charge is -2.35. The summed E-state index contributed by atoms with van der Waals surface area (Å²) in [7, 11) is 1.65. The van der Waals surface area contributed by atoms with Gasteiger partial charge in [0.25, 0.3) is 0 Å². The molecule has 0 radical (unpaired) electrons. The number of benzene rings is 2. The monoisotopic (exact) mass is 469 g/mol. The van der Waals surface area contributed by atoms with Crippen LogP contribution < -0.4 is 15.1 Å². The molecule has 1 amide bonds. The SMILES string of the molecule is COc1cccc2c(C)cc(N3CCN(C(=O)/C=C/c4coc5ccc(C)cc5c4=O)CC3)nc12. The van der Waals surface area contributed by atoms with Crippen LogP contribution in [-0.2, 0) is 4.79 Å². The summed E-state index contributed by atoms with van der Waals surface area (Å²) < 4.78 is 11.1. The Bertz CT molecular complexity index is 1510. The maximum absolute atomic E-state index is 12.8. The van der Waals surface area contributed by atoms with Crippen LogP contribution in [0, 0.1) is 13.8 Å². The van der Waals surface area contributed by atoms with Crippen LogP contribution in [0.5, 0.6) is 5.75 Å². The second-order valence-corrected chi connectivity index (χ2v) is 8.82. The van der Waals surface area contributed by atoms with Crippen molar-refractivity contribution in [3.05, 3.63) is 81.7 Å². The molecular formula is C28H27N3O4.